The number of hydrogen-bond donors (Lipinski definition) is 1. The van der Waals surface area contributed by atoms with Crippen LogP contribution >= 0.6 is 0 Å². The van der Waals surface area contributed by atoms with E-state index in [1.54, 1.807) is 12.1 Å². The average molecular weight is 431 g/mol. The van der Waals surface area contributed by atoms with Crippen LogP contribution in [0.2, 0.25) is 0 Å². The lowest BCUT2D eigenvalue weighted by Crippen LogP contribution is -2.47. The Hall–Kier alpha value is -2.26. The van der Waals surface area contributed by atoms with E-state index in [0.717, 1.165) is 36.0 Å². The molecule has 1 atom stereocenters. The van der Waals surface area contributed by atoms with E-state index in [-0.39, 0.29) is 16.8 Å². The lowest BCUT2D eigenvalue weighted by Gasteiger charge is -2.35. The number of sulfonamides is 1. The SMILES string of the molecule is CN1CCN(CC(NC(=O)c2cccc(S(=O)(=O)N(C)C)c2)c2ccccc2)CC1. The summed E-state index contributed by atoms with van der Waals surface area (Å²) < 4.78 is 26.0. The number of benzene rings is 2. The summed E-state index contributed by atoms with van der Waals surface area (Å²) in [6.45, 7) is 4.61. The fraction of sp³-hybridized carbons (Fsp3) is 0.409. The highest BCUT2D eigenvalue weighted by atomic mass is 32.2. The van der Waals surface area contributed by atoms with E-state index < -0.39 is 10.0 Å². The van der Waals surface area contributed by atoms with E-state index in [0.29, 0.717) is 12.1 Å². The van der Waals surface area contributed by atoms with Crippen molar-refractivity contribution in [3.63, 3.8) is 0 Å². The maximum Gasteiger partial charge on any atom is 0.251 e. The second-order valence-electron chi connectivity index (χ2n) is 7.86. The molecule has 162 valence electrons. The normalized spacial score (nSPS) is 17.1. The van der Waals surface area contributed by atoms with Gasteiger partial charge in [-0.25, -0.2) is 12.7 Å². The minimum Gasteiger partial charge on any atom is -0.344 e. The smallest absolute Gasteiger partial charge is 0.251 e. The van der Waals surface area contributed by atoms with Crippen LogP contribution in [0.3, 0.4) is 0 Å². The molecule has 7 nitrogen and oxygen atoms in total. The van der Waals surface area contributed by atoms with E-state index in [1.165, 1.54) is 26.2 Å². The predicted molar refractivity (Wildman–Crippen MR) is 118 cm³/mol. The van der Waals surface area contributed by atoms with Crippen molar-refractivity contribution in [2.45, 2.75) is 10.9 Å². The summed E-state index contributed by atoms with van der Waals surface area (Å²) in [5.41, 5.74) is 1.36. The maximum atomic E-state index is 13.0. The number of amides is 1. The number of rotatable bonds is 7. The first-order valence-corrected chi connectivity index (χ1v) is 11.5. The zero-order chi connectivity index (χ0) is 21.7. The topological polar surface area (TPSA) is 73.0 Å². The third kappa shape index (κ3) is 5.46. The number of carbonyl (C=O) groups is 1. The van der Waals surface area contributed by atoms with Gasteiger partial charge in [0.2, 0.25) is 10.0 Å². The van der Waals surface area contributed by atoms with Gasteiger partial charge in [0.25, 0.3) is 5.91 Å². The molecule has 0 radical (unpaired) electrons. The number of nitrogens with zero attached hydrogens (tertiary/aromatic N) is 3. The Bertz CT molecular complexity index is 955. The van der Waals surface area contributed by atoms with Crippen LogP contribution in [0.5, 0.6) is 0 Å². The van der Waals surface area contributed by atoms with Crippen LogP contribution in [0.4, 0.5) is 0 Å². The van der Waals surface area contributed by atoms with Crippen LogP contribution in [0, 0.1) is 0 Å². The lowest BCUT2D eigenvalue weighted by atomic mass is 10.0. The van der Waals surface area contributed by atoms with Gasteiger partial charge in [0.15, 0.2) is 0 Å². The first kappa shape index (κ1) is 22.4. The zero-order valence-electron chi connectivity index (χ0n) is 17.8. The van der Waals surface area contributed by atoms with Crippen molar-refractivity contribution in [2.75, 3.05) is 53.9 Å². The van der Waals surface area contributed by atoms with Crippen molar-refractivity contribution in [1.82, 2.24) is 19.4 Å². The molecule has 0 bridgehead atoms. The molecule has 1 N–H and O–H groups in total. The zero-order valence-corrected chi connectivity index (χ0v) is 18.6. The Kier molecular flexibility index (Phi) is 7.25. The van der Waals surface area contributed by atoms with Gasteiger partial charge in [-0.1, -0.05) is 36.4 Å². The third-order valence-corrected chi connectivity index (χ3v) is 7.23. The van der Waals surface area contributed by atoms with Gasteiger partial charge in [0.05, 0.1) is 10.9 Å². The fourth-order valence-electron chi connectivity index (χ4n) is 3.46. The lowest BCUT2D eigenvalue weighted by molar-refractivity contribution is 0.0907. The molecule has 8 heteroatoms. The molecule has 1 fully saturated rings. The maximum absolute atomic E-state index is 13.0. The van der Waals surface area contributed by atoms with Crippen molar-refractivity contribution in [2.24, 2.45) is 0 Å². The largest absolute Gasteiger partial charge is 0.344 e. The summed E-state index contributed by atoms with van der Waals surface area (Å²) in [5.74, 6) is -0.284. The van der Waals surface area contributed by atoms with Crippen LogP contribution in [-0.2, 0) is 10.0 Å². The molecule has 3 rings (SSSR count). The molecule has 0 spiro atoms. The molecule has 0 aliphatic carbocycles. The minimum atomic E-state index is -3.60. The van der Waals surface area contributed by atoms with Crippen molar-refractivity contribution in [3.05, 3.63) is 65.7 Å². The Morgan fingerprint density at radius 3 is 2.33 bits per heavy atom. The highest BCUT2D eigenvalue weighted by Gasteiger charge is 2.23. The Labute approximate surface area is 179 Å². The summed E-state index contributed by atoms with van der Waals surface area (Å²) in [6, 6.07) is 15.9. The first-order chi connectivity index (χ1) is 14.3. The first-order valence-electron chi connectivity index (χ1n) is 10.1. The quantitative estimate of drug-likeness (QED) is 0.723. The van der Waals surface area contributed by atoms with Crippen LogP contribution in [0.15, 0.2) is 59.5 Å². The number of nitrogens with one attached hydrogen (secondary N) is 1. The molecule has 30 heavy (non-hydrogen) atoms. The van der Waals surface area contributed by atoms with Crippen LogP contribution < -0.4 is 5.32 Å². The van der Waals surface area contributed by atoms with Gasteiger partial charge in [-0.15, -0.1) is 0 Å². The van der Waals surface area contributed by atoms with Crippen LogP contribution in [0.25, 0.3) is 0 Å². The summed E-state index contributed by atoms with van der Waals surface area (Å²) >= 11 is 0. The van der Waals surface area contributed by atoms with Crippen molar-refractivity contribution in [3.8, 4) is 0 Å². The van der Waals surface area contributed by atoms with E-state index in [4.69, 9.17) is 0 Å². The minimum absolute atomic E-state index is 0.107. The molecule has 0 saturated carbocycles. The Morgan fingerprint density at radius 1 is 1.03 bits per heavy atom. The number of carbonyl (C=O) groups excluding carboxylic acids is 1. The van der Waals surface area contributed by atoms with Gasteiger partial charge >= 0.3 is 0 Å². The summed E-state index contributed by atoms with van der Waals surface area (Å²) in [7, 11) is 1.46. The van der Waals surface area contributed by atoms with Gasteiger partial charge in [0, 0.05) is 52.4 Å². The standard InChI is InChI=1S/C22H30N4O3S/c1-24(2)30(28,29)20-11-7-10-19(16-20)22(27)23-21(18-8-5-4-6-9-18)17-26-14-12-25(3)13-15-26/h4-11,16,21H,12-15,17H2,1-3H3,(H,23,27). The van der Waals surface area contributed by atoms with E-state index >= 15 is 0 Å². The summed E-state index contributed by atoms with van der Waals surface area (Å²) in [5, 5.41) is 3.11. The van der Waals surface area contributed by atoms with Crippen LogP contribution in [-0.4, -0.2) is 82.3 Å². The van der Waals surface area contributed by atoms with Crippen molar-refractivity contribution < 1.29 is 13.2 Å². The molecular formula is C22H30N4O3S. The molecule has 0 aromatic heterocycles. The third-order valence-electron chi connectivity index (χ3n) is 5.42. The molecule has 1 unspecified atom stereocenters. The van der Waals surface area contributed by atoms with Crippen LogP contribution in [0.1, 0.15) is 22.0 Å². The van der Waals surface area contributed by atoms with E-state index in [2.05, 4.69) is 22.2 Å². The van der Waals surface area contributed by atoms with Crippen molar-refractivity contribution in [1.29, 1.82) is 0 Å². The van der Waals surface area contributed by atoms with Gasteiger partial charge in [-0.2, -0.15) is 0 Å². The second-order valence-corrected chi connectivity index (χ2v) is 10.0. The molecular weight excluding hydrogens is 400 g/mol. The average Bonchev–Trinajstić information content (AvgIpc) is 2.75. The highest BCUT2D eigenvalue weighted by molar-refractivity contribution is 7.89. The van der Waals surface area contributed by atoms with Gasteiger partial charge in [-0.3, -0.25) is 9.69 Å². The summed E-state index contributed by atoms with van der Waals surface area (Å²) in [6.07, 6.45) is 0. The molecule has 1 heterocycles. The van der Waals surface area contributed by atoms with Gasteiger partial charge in [0.1, 0.15) is 0 Å². The molecule has 2 aromatic carbocycles. The van der Waals surface area contributed by atoms with Gasteiger partial charge in [-0.05, 0) is 30.8 Å². The molecule has 1 saturated heterocycles. The summed E-state index contributed by atoms with van der Waals surface area (Å²) in [4.78, 5) is 17.8. The number of likely N-dealkylation sites (N-methyl/N-ethyl adjacent to an activating group) is 1. The Morgan fingerprint density at radius 2 is 1.70 bits per heavy atom. The highest BCUT2D eigenvalue weighted by Crippen LogP contribution is 2.19. The van der Waals surface area contributed by atoms with E-state index in [1.807, 2.05) is 30.3 Å². The fourth-order valence-corrected chi connectivity index (χ4v) is 4.41. The monoisotopic (exact) mass is 430 g/mol. The number of piperazine rings is 1. The second kappa shape index (κ2) is 9.70. The predicted octanol–water partition coefficient (Wildman–Crippen LogP) is 1.66. The van der Waals surface area contributed by atoms with Crippen molar-refractivity contribution >= 4 is 15.9 Å². The number of hydrogen-bond acceptors (Lipinski definition) is 5. The molecule has 1 aliphatic rings. The molecule has 1 amide bonds. The molecule has 1 aliphatic heterocycles. The van der Waals surface area contributed by atoms with E-state index in [9.17, 15) is 13.2 Å². The Balaban J connectivity index is 1.80. The van der Waals surface area contributed by atoms with Gasteiger partial charge < -0.3 is 10.2 Å². The molecule has 2 aromatic rings.